The fourth-order valence-corrected chi connectivity index (χ4v) is 1.56. The summed E-state index contributed by atoms with van der Waals surface area (Å²) in [5.74, 6) is -0.229. The van der Waals surface area contributed by atoms with E-state index in [1.165, 1.54) is 17.0 Å². The van der Waals surface area contributed by atoms with Crippen LogP contribution in [-0.2, 0) is 0 Å². The topological polar surface area (TPSA) is 20.3 Å². The Morgan fingerprint density at radius 2 is 2.13 bits per heavy atom. The third-order valence-electron chi connectivity index (χ3n) is 2.06. The zero-order valence-corrected chi connectivity index (χ0v) is 9.51. The molecule has 0 unspecified atom stereocenters. The fraction of sp³-hybridized carbons (Fsp3) is 0.364. The number of rotatable bonds is 3. The van der Waals surface area contributed by atoms with Crippen molar-refractivity contribution < 1.29 is 9.18 Å². The number of aryl methyl sites for hydroxylation is 1. The van der Waals surface area contributed by atoms with Crippen LogP contribution in [0.5, 0.6) is 0 Å². The van der Waals surface area contributed by atoms with Crippen molar-refractivity contribution in [1.29, 1.82) is 0 Å². The van der Waals surface area contributed by atoms with Crippen molar-refractivity contribution in [2.24, 2.45) is 0 Å². The Morgan fingerprint density at radius 3 is 2.67 bits per heavy atom. The molecule has 2 nitrogen and oxygen atoms in total. The Hall–Kier alpha value is -1.09. The van der Waals surface area contributed by atoms with Gasteiger partial charge in [-0.3, -0.25) is 4.79 Å². The minimum atomic E-state index is -0.391. The molecule has 15 heavy (non-hydrogen) atoms. The third-order valence-corrected chi connectivity index (χ3v) is 2.22. The molecule has 0 aliphatic carbocycles. The van der Waals surface area contributed by atoms with Crippen LogP contribution in [0, 0.1) is 12.7 Å². The third kappa shape index (κ3) is 3.20. The van der Waals surface area contributed by atoms with Crippen molar-refractivity contribution in [3.63, 3.8) is 0 Å². The van der Waals surface area contributed by atoms with Gasteiger partial charge >= 0.3 is 0 Å². The molecule has 1 aromatic carbocycles. The zero-order chi connectivity index (χ0) is 11.4. The Bertz CT molecular complexity index is 347. The molecule has 0 atom stereocenters. The van der Waals surface area contributed by atoms with Crippen molar-refractivity contribution in [3.8, 4) is 0 Å². The van der Waals surface area contributed by atoms with Gasteiger partial charge in [0, 0.05) is 25.0 Å². The highest BCUT2D eigenvalue weighted by Crippen LogP contribution is 2.10. The number of carbonyl (C=O) groups excluding carboxylic acids is 1. The maximum absolute atomic E-state index is 13.0. The normalized spacial score (nSPS) is 10.1. The van der Waals surface area contributed by atoms with Crippen molar-refractivity contribution in [2.75, 3.05) is 19.5 Å². The molecular weight excluding hydrogens is 217 g/mol. The van der Waals surface area contributed by atoms with Gasteiger partial charge in [0.25, 0.3) is 5.91 Å². The van der Waals surface area contributed by atoms with Crippen molar-refractivity contribution in [1.82, 2.24) is 4.90 Å². The maximum Gasteiger partial charge on any atom is 0.253 e. The molecule has 0 fully saturated rings. The van der Waals surface area contributed by atoms with Crippen LogP contribution in [0.25, 0.3) is 0 Å². The average molecular weight is 230 g/mol. The standard InChI is InChI=1S/C11H13ClFNO/c1-8-5-9(7-10(13)6-8)11(15)14(2)4-3-12/h5-7H,3-4H2,1-2H3. The number of nitrogens with zero attached hydrogens (tertiary/aromatic N) is 1. The van der Waals surface area contributed by atoms with Gasteiger partial charge in [-0.15, -0.1) is 11.6 Å². The molecule has 0 spiro atoms. The quantitative estimate of drug-likeness (QED) is 0.729. The second-order valence-corrected chi connectivity index (χ2v) is 3.81. The molecule has 0 saturated carbocycles. The van der Waals surface area contributed by atoms with Gasteiger partial charge in [-0.2, -0.15) is 0 Å². The summed E-state index contributed by atoms with van der Waals surface area (Å²) < 4.78 is 13.0. The monoisotopic (exact) mass is 229 g/mol. The lowest BCUT2D eigenvalue weighted by Gasteiger charge is -2.15. The van der Waals surface area contributed by atoms with Crippen molar-refractivity contribution >= 4 is 17.5 Å². The minimum Gasteiger partial charge on any atom is -0.341 e. The SMILES string of the molecule is Cc1cc(F)cc(C(=O)N(C)CCCl)c1. The fourth-order valence-electron chi connectivity index (χ4n) is 1.31. The lowest BCUT2D eigenvalue weighted by Crippen LogP contribution is -2.28. The molecule has 0 saturated heterocycles. The minimum absolute atomic E-state index is 0.210. The summed E-state index contributed by atoms with van der Waals surface area (Å²) >= 11 is 5.52. The van der Waals surface area contributed by atoms with Gasteiger partial charge in [-0.1, -0.05) is 0 Å². The molecule has 0 N–H and O–H groups in total. The molecule has 0 aliphatic heterocycles. The number of carbonyl (C=O) groups is 1. The molecule has 4 heteroatoms. The first-order valence-electron chi connectivity index (χ1n) is 4.63. The van der Waals surface area contributed by atoms with Crippen LogP contribution < -0.4 is 0 Å². The van der Waals surface area contributed by atoms with Crippen molar-refractivity contribution in [3.05, 3.63) is 35.1 Å². The highest BCUT2D eigenvalue weighted by molar-refractivity contribution is 6.18. The van der Waals surface area contributed by atoms with Crippen LogP contribution in [0.1, 0.15) is 15.9 Å². The number of hydrogen-bond donors (Lipinski definition) is 0. The van der Waals surface area contributed by atoms with Crippen molar-refractivity contribution in [2.45, 2.75) is 6.92 Å². The van der Waals surface area contributed by atoms with Crippen LogP contribution in [0.2, 0.25) is 0 Å². The predicted molar refractivity (Wildman–Crippen MR) is 58.8 cm³/mol. The van der Waals surface area contributed by atoms with E-state index in [9.17, 15) is 9.18 Å². The van der Waals surface area contributed by atoms with Crippen LogP contribution in [-0.4, -0.2) is 30.3 Å². The summed E-state index contributed by atoms with van der Waals surface area (Å²) in [6, 6.07) is 4.29. The highest BCUT2D eigenvalue weighted by Gasteiger charge is 2.12. The second-order valence-electron chi connectivity index (χ2n) is 3.43. The number of alkyl halides is 1. The van der Waals surface area contributed by atoms with E-state index in [1.807, 2.05) is 0 Å². The number of hydrogen-bond acceptors (Lipinski definition) is 1. The first-order valence-corrected chi connectivity index (χ1v) is 5.16. The maximum atomic E-state index is 13.0. The van der Waals surface area contributed by atoms with Gasteiger partial charge in [0.2, 0.25) is 0 Å². The van der Waals surface area contributed by atoms with Gasteiger partial charge in [0.1, 0.15) is 5.82 Å². The Kier molecular flexibility index (Phi) is 4.09. The van der Waals surface area contributed by atoms with Crippen LogP contribution in [0.4, 0.5) is 4.39 Å². The largest absolute Gasteiger partial charge is 0.341 e. The van der Waals surface area contributed by atoms with E-state index >= 15 is 0 Å². The van der Waals surface area contributed by atoms with Crippen LogP contribution in [0.3, 0.4) is 0 Å². The molecular formula is C11H13ClFNO. The van der Waals surface area contributed by atoms with Gasteiger partial charge in [-0.05, 0) is 30.7 Å². The Labute approximate surface area is 93.6 Å². The summed E-state index contributed by atoms with van der Waals surface area (Å²) in [5.41, 5.74) is 1.10. The van der Waals surface area contributed by atoms with Gasteiger partial charge in [-0.25, -0.2) is 4.39 Å². The molecule has 1 amide bonds. The van der Waals surface area contributed by atoms with E-state index in [0.717, 1.165) is 5.56 Å². The Balaban J connectivity index is 2.90. The number of benzene rings is 1. The predicted octanol–water partition coefficient (Wildman–Crippen LogP) is 2.44. The highest BCUT2D eigenvalue weighted by atomic mass is 35.5. The second kappa shape index (κ2) is 5.12. The van der Waals surface area contributed by atoms with E-state index in [1.54, 1.807) is 20.0 Å². The molecule has 0 bridgehead atoms. The summed E-state index contributed by atoms with van der Waals surface area (Å²) in [7, 11) is 1.64. The molecule has 82 valence electrons. The smallest absolute Gasteiger partial charge is 0.253 e. The van der Waals surface area contributed by atoms with E-state index in [4.69, 9.17) is 11.6 Å². The van der Waals surface area contributed by atoms with Gasteiger partial charge in [0.05, 0.1) is 0 Å². The molecule has 0 aliphatic rings. The van der Waals surface area contributed by atoms with E-state index in [-0.39, 0.29) is 5.91 Å². The van der Waals surface area contributed by atoms with E-state index < -0.39 is 5.82 Å². The zero-order valence-electron chi connectivity index (χ0n) is 8.76. The first-order chi connectivity index (χ1) is 7.04. The van der Waals surface area contributed by atoms with Crippen LogP contribution in [0.15, 0.2) is 18.2 Å². The Morgan fingerprint density at radius 1 is 1.47 bits per heavy atom. The molecule has 1 rings (SSSR count). The average Bonchev–Trinajstić information content (AvgIpc) is 2.15. The summed E-state index contributed by atoms with van der Waals surface area (Å²) in [4.78, 5) is 13.2. The lowest BCUT2D eigenvalue weighted by atomic mass is 10.1. The summed E-state index contributed by atoms with van der Waals surface area (Å²) in [6.07, 6.45) is 0. The van der Waals surface area contributed by atoms with Gasteiger partial charge < -0.3 is 4.90 Å². The molecule has 0 aromatic heterocycles. The number of halogens is 2. The summed E-state index contributed by atoms with van der Waals surface area (Å²) in [5, 5.41) is 0. The lowest BCUT2D eigenvalue weighted by molar-refractivity contribution is 0.0802. The first kappa shape index (κ1) is 12.0. The van der Waals surface area contributed by atoms with Crippen LogP contribution >= 0.6 is 11.6 Å². The van der Waals surface area contributed by atoms with Gasteiger partial charge in [0.15, 0.2) is 0 Å². The summed E-state index contributed by atoms with van der Waals surface area (Å²) in [6.45, 7) is 2.21. The molecule has 0 radical (unpaired) electrons. The van der Waals surface area contributed by atoms with E-state index in [2.05, 4.69) is 0 Å². The number of amides is 1. The molecule has 0 heterocycles. The molecule has 1 aromatic rings. The van der Waals surface area contributed by atoms with E-state index in [0.29, 0.717) is 18.0 Å².